The molecule has 2 aliphatic carbocycles. The number of benzene rings is 4. The van der Waals surface area contributed by atoms with Crippen LogP contribution in [0.15, 0.2) is 251 Å². The van der Waals surface area contributed by atoms with Crippen LogP contribution in [0.3, 0.4) is 0 Å². The van der Waals surface area contributed by atoms with Crippen molar-refractivity contribution in [2.45, 2.75) is 234 Å². The first-order valence-electron chi connectivity index (χ1n) is 38.5. The lowest BCUT2D eigenvalue weighted by Crippen LogP contribution is -2.25. The first-order chi connectivity index (χ1) is 52.0. The summed E-state index contributed by atoms with van der Waals surface area (Å²) < 4.78 is 0. The third kappa shape index (κ3) is 46.4. The number of pyridine rings is 3. The van der Waals surface area contributed by atoms with E-state index in [4.69, 9.17) is 0 Å². The minimum Gasteiger partial charge on any atom is -0.265 e. The van der Waals surface area contributed by atoms with Crippen LogP contribution >= 0.6 is 0 Å². The van der Waals surface area contributed by atoms with Crippen LogP contribution in [0, 0.1) is 62.3 Å². The summed E-state index contributed by atoms with van der Waals surface area (Å²) in [5.74, 6) is 1.58. The Morgan fingerprint density at radius 3 is 0.868 bits per heavy atom. The van der Waals surface area contributed by atoms with Crippen LogP contribution in [-0.2, 0) is 5.41 Å². The molecule has 0 amide bonds. The van der Waals surface area contributed by atoms with Gasteiger partial charge >= 0.3 is 0 Å². The quantitative estimate of drug-likeness (QED) is 0.140. The highest BCUT2D eigenvalue weighted by atomic mass is 15.0. The van der Waals surface area contributed by atoms with Gasteiger partial charge in [0, 0.05) is 91.9 Å². The zero-order valence-electron chi connectivity index (χ0n) is 71.9. The maximum Gasteiger partial charge on any atom is 0.128 e. The van der Waals surface area contributed by atoms with Crippen molar-refractivity contribution in [1.82, 2.24) is 69.8 Å². The van der Waals surface area contributed by atoms with Crippen molar-refractivity contribution in [1.29, 1.82) is 0 Å². The fraction of sp³-hybridized carbons (Fsp3) is 0.370. The molecule has 8 heterocycles. The Morgan fingerprint density at radius 1 is 0.198 bits per heavy atom. The molecule has 14 nitrogen and oxygen atoms in total. The number of hydrogen-bond donors (Lipinski definition) is 0. The van der Waals surface area contributed by atoms with E-state index in [1.807, 2.05) is 276 Å². The molecule has 0 aliphatic heterocycles. The molecule has 0 saturated heterocycles. The van der Waals surface area contributed by atoms with Crippen LogP contribution in [0.4, 0.5) is 0 Å². The Hall–Kier alpha value is -10.3. The van der Waals surface area contributed by atoms with Crippen molar-refractivity contribution >= 4 is 0 Å². The van der Waals surface area contributed by atoms with Gasteiger partial charge in [-0.1, -0.05) is 275 Å². The van der Waals surface area contributed by atoms with E-state index in [-0.39, 0.29) is 5.41 Å². The van der Waals surface area contributed by atoms with Crippen LogP contribution in [0.25, 0.3) is 22.3 Å². The van der Waals surface area contributed by atoms with E-state index in [0.717, 1.165) is 34.3 Å². The van der Waals surface area contributed by atoms with E-state index in [0.29, 0.717) is 0 Å². The molecule has 0 unspecified atom stereocenters. The first-order valence-corrected chi connectivity index (χ1v) is 38.5. The van der Waals surface area contributed by atoms with Crippen molar-refractivity contribution in [3.8, 4) is 22.3 Å². The molecule has 0 atom stereocenters. The van der Waals surface area contributed by atoms with Crippen LogP contribution in [0.1, 0.15) is 239 Å². The van der Waals surface area contributed by atoms with Crippen LogP contribution in [0.2, 0.25) is 0 Å². The van der Waals surface area contributed by atoms with Crippen LogP contribution in [-0.4, -0.2) is 69.8 Å². The summed E-state index contributed by atoms with van der Waals surface area (Å²) in [6, 6.07) is 51.2. The van der Waals surface area contributed by atoms with Gasteiger partial charge in [0.2, 0.25) is 0 Å². The second kappa shape index (κ2) is 80.3. The maximum absolute atomic E-state index is 3.98. The predicted octanol–water partition coefficient (Wildman–Crippen LogP) is 26.1. The zero-order chi connectivity index (χ0) is 82.2. The lowest BCUT2D eigenvalue weighted by atomic mass is 9.70. The van der Waals surface area contributed by atoms with E-state index in [9.17, 15) is 0 Å². The average Bonchev–Trinajstić information content (AvgIpc) is 1.51. The summed E-state index contributed by atoms with van der Waals surface area (Å²) in [4.78, 5) is 53.5. The van der Waals surface area contributed by atoms with Crippen molar-refractivity contribution in [3.05, 3.63) is 325 Å². The molecule has 14 rings (SSSR count). The third-order valence-corrected chi connectivity index (χ3v) is 12.1. The Balaban J connectivity index is -0.000000212. The van der Waals surface area contributed by atoms with Gasteiger partial charge in [0.1, 0.15) is 37.0 Å². The van der Waals surface area contributed by atoms with Gasteiger partial charge in [-0.3, -0.25) is 24.9 Å². The summed E-state index contributed by atoms with van der Waals surface area (Å²) in [7, 11) is 0. The number of nitrogens with zero attached hydrogens (tertiary/aromatic N) is 14. The number of hydrogen-bond acceptors (Lipinski definition) is 14. The third-order valence-electron chi connectivity index (χ3n) is 12.1. The van der Waals surface area contributed by atoms with E-state index in [1.54, 1.807) is 80.4 Å². The van der Waals surface area contributed by atoms with E-state index in [1.165, 1.54) is 86.5 Å². The van der Waals surface area contributed by atoms with Gasteiger partial charge in [-0.25, -0.2) is 44.9 Å². The lowest BCUT2D eigenvalue weighted by molar-refractivity contribution is 0.792. The van der Waals surface area contributed by atoms with Gasteiger partial charge in [-0.05, 0) is 166 Å². The Kier molecular flexibility index (Phi) is 82.7. The molecular formula is C92H140N14. The average molecular weight is 1440 g/mol. The van der Waals surface area contributed by atoms with Gasteiger partial charge in [0.15, 0.2) is 0 Å². The SMILES string of the molecule is CC.CC.CC.CC.CC.CC.CC.CC.CC.CC.CC.CC.Cc1ccc2c(c1)C1(c3ccccc3-c3ccccc31)c1ccccc1-2.Cc1ccccn1.Cc1cccnc1.Cc1ccncc1.Cc1ccncn1.Cc1cnccn1.Cc1cncnc1.Cc1ncccn1.Cc1ncncn1. The van der Waals surface area contributed by atoms with Crippen molar-refractivity contribution in [3.63, 3.8) is 0 Å². The lowest BCUT2D eigenvalue weighted by Gasteiger charge is -2.30. The number of fused-ring (bicyclic) bond motifs is 10. The molecule has 14 heteroatoms. The van der Waals surface area contributed by atoms with Gasteiger partial charge in [-0.2, -0.15) is 0 Å². The number of rotatable bonds is 0. The predicted molar refractivity (Wildman–Crippen MR) is 462 cm³/mol. The zero-order valence-corrected chi connectivity index (χ0v) is 71.9. The van der Waals surface area contributed by atoms with Gasteiger partial charge in [0.05, 0.1) is 11.1 Å². The van der Waals surface area contributed by atoms with E-state index in [2.05, 4.69) is 168 Å². The maximum atomic E-state index is 3.98. The molecule has 12 aromatic rings. The first kappa shape index (κ1) is 109. The fourth-order valence-corrected chi connectivity index (χ4v) is 8.31. The van der Waals surface area contributed by atoms with Crippen molar-refractivity contribution in [2.75, 3.05) is 0 Å². The Morgan fingerprint density at radius 2 is 0.594 bits per heavy atom. The van der Waals surface area contributed by atoms with Crippen LogP contribution in [0.5, 0.6) is 0 Å². The topological polar surface area (TPSA) is 180 Å². The fourth-order valence-electron chi connectivity index (χ4n) is 8.31. The summed E-state index contributed by atoms with van der Waals surface area (Å²) in [5.41, 5.74) is 18.9. The molecular weight excluding hydrogens is 1300 g/mol. The summed E-state index contributed by atoms with van der Waals surface area (Å²) in [6.07, 6.45) is 28.7. The molecule has 8 aromatic heterocycles. The highest BCUT2D eigenvalue weighted by Crippen LogP contribution is 2.62. The molecule has 106 heavy (non-hydrogen) atoms. The molecule has 0 N–H and O–H groups in total. The van der Waals surface area contributed by atoms with E-state index >= 15 is 0 Å². The van der Waals surface area contributed by atoms with Crippen molar-refractivity contribution in [2.24, 2.45) is 0 Å². The highest BCUT2D eigenvalue weighted by molar-refractivity contribution is 5.95. The standard InChI is InChI=1S/C26H18.3C6H7N.4C5H6N2.C4H5N3.12C2H6/c1-17-14-15-21-20-10-4-7-13-24(20)26(25(21)16-17)22-11-5-2-8-18(22)19-9-3-6-12-23(19)26;1-6-2-4-7-5-3-6;1-6-3-2-4-7-5-6;1-6-4-2-3-5-7-6;1-5-2-6-4-7-3-5;1-5-4-6-2-3-7-5;1-5-2-3-6-4-7-5;1-5-6-3-2-4-7-5;1-4-6-2-5-3-7-4;12*1-2/h2-16H,1H3;3*2-5H,1H3;4*2-4H,1H3;2-3H,1H3;12*1-2H3. The molecule has 4 aromatic carbocycles. The number of aromatic nitrogens is 14. The molecule has 0 fully saturated rings. The highest BCUT2D eigenvalue weighted by Gasteiger charge is 2.51. The smallest absolute Gasteiger partial charge is 0.128 e. The largest absolute Gasteiger partial charge is 0.265 e. The molecule has 0 bridgehead atoms. The number of aryl methyl sites for hydroxylation is 9. The molecule has 578 valence electrons. The molecule has 1 spiro atoms. The second-order valence-corrected chi connectivity index (χ2v) is 18.6. The Bertz CT molecular complexity index is 3160. The van der Waals surface area contributed by atoms with E-state index < -0.39 is 0 Å². The minimum absolute atomic E-state index is 0.189. The normalized spacial score (nSPS) is 8.88. The van der Waals surface area contributed by atoms with Gasteiger partial charge < -0.3 is 0 Å². The summed E-state index contributed by atoms with van der Waals surface area (Å²) >= 11 is 0. The van der Waals surface area contributed by atoms with Crippen molar-refractivity contribution < 1.29 is 0 Å². The Labute approximate surface area is 647 Å². The monoisotopic (exact) mass is 1440 g/mol. The van der Waals surface area contributed by atoms with Gasteiger partial charge in [0.25, 0.3) is 0 Å². The molecule has 0 saturated carbocycles. The molecule has 2 aliphatic rings. The van der Waals surface area contributed by atoms with Gasteiger partial charge in [-0.15, -0.1) is 0 Å². The minimum atomic E-state index is -0.189. The molecule has 0 radical (unpaired) electrons. The second-order valence-electron chi connectivity index (χ2n) is 18.6. The summed E-state index contributed by atoms with van der Waals surface area (Å²) in [5, 5.41) is 0. The van der Waals surface area contributed by atoms with Crippen LogP contribution < -0.4 is 0 Å². The summed E-state index contributed by atoms with van der Waals surface area (Å²) in [6.45, 7) is 65.7.